The maximum atomic E-state index is 5.96. The second-order valence-electron chi connectivity index (χ2n) is 5.93. The van der Waals surface area contributed by atoms with Gasteiger partial charge in [0.1, 0.15) is 5.76 Å². The smallest absolute Gasteiger partial charge is 0.209 e. The third-order valence-corrected chi connectivity index (χ3v) is 5.07. The first-order chi connectivity index (χ1) is 12.8. The molecule has 0 spiro atoms. The van der Waals surface area contributed by atoms with Crippen molar-refractivity contribution < 1.29 is 8.83 Å². The molecule has 0 atom stereocenters. The molecule has 0 aliphatic rings. The number of hydrogen-bond donors (Lipinski definition) is 0. The molecular formula is C20H17ClN2O2S. The number of furan rings is 1. The second-order valence-corrected chi connectivity index (χ2v) is 7.40. The first-order valence-corrected chi connectivity index (χ1v) is 9.50. The van der Waals surface area contributed by atoms with Crippen molar-refractivity contribution in [1.82, 2.24) is 9.88 Å². The molecule has 0 saturated carbocycles. The zero-order valence-electron chi connectivity index (χ0n) is 14.0. The summed E-state index contributed by atoms with van der Waals surface area (Å²) in [6, 6.07) is 15.6. The minimum Gasteiger partial charge on any atom is -0.468 e. The molecule has 0 unspecified atom stereocenters. The van der Waals surface area contributed by atoms with Gasteiger partial charge in [0.05, 0.1) is 25.5 Å². The lowest BCUT2D eigenvalue weighted by molar-refractivity contribution is 0.208. The van der Waals surface area contributed by atoms with E-state index in [1.54, 1.807) is 23.8 Å². The molecule has 4 aromatic rings. The molecule has 0 radical (unpaired) electrons. The van der Waals surface area contributed by atoms with Crippen molar-refractivity contribution in [2.75, 3.05) is 0 Å². The molecule has 0 fully saturated rings. The van der Waals surface area contributed by atoms with Crippen molar-refractivity contribution in [3.05, 3.63) is 87.9 Å². The summed E-state index contributed by atoms with van der Waals surface area (Å²) in [4.78, 5) is 7.99. The number of thiophene rings is 1. The van der Waals surface area contributed by atoms with Crippen LogP contribution in [0.5, 0.6) is 0 Å². The van der Waals surface area contributed by atoms with Gasteiger partial charge in [0.2, 0.25) is 5.89 Å². The molecule has 4 rings (SSSR count). The molecule has 0 N–H and O–H groups in total. The summed E-state index contributed by atoms with van der Waals surface area (Å²) >= 11 is 7.69. The molecule has 0 amide bonds. The van der Waals surface area contributed by atoms with Crippen LogP contribution in [0, 0.1) is 0 Å². The fourth-order valence-corrected chi connectivity index (χ4v) is 3.61. The van der Waals surface area contributed by atoms with Gasteiger partial charge in [-0.3, -0.25) is 4.90 Å². The predicted octanol–water partition coefficient (Wildman–Crippen LogP) is 5.85. The molecule has 3 heterocycles. The Hall–Kier alpha value is -2.34. The molecular weight excluding hydrogens is 368 g/mol. The van der Waals surface area contributed by atoms with E-state index in [2.05, 4.69) is 27.4 Å². The number of nitrogens with zero attached hydrogens (tertiary/aromatic N) is 2. The van der Waals surface area contributed by atoms with Crippen LogP contribution in [0.2, 0.25) is 5.02 Å². The molecule has 0 saturated heterocycles. The summed E-state index contributed by atoms with van der Waals surface area (Å²) in [6.07, 6.45) is 3.46. The van der Waals surface area contributed by atoms with Gasteiger partial charge in [-0.15, -0.1) is 11.3 Å². The molecule has 0 aliphatic carbocycles. The van der Waals surface area contributed by atoms with Crippen LogP contribution in [0.15, 0.2) is 75.2 Å². The van der Waals surface area contributed by atoms with Gasteiger partial charge < -0.3 is 8.83 Å². The lowest BCUT2D eigenvalue weighted by Crippen LogP contribution is -2.21. The summed E-state index contributed by atoms with van der Waals surface area (Å²) in [5, 5.41) is 2.79. The van der Waals surface area contributed by atoms with Gasteiger partial charge >= 0.3 is 0 Å². The molecule has 0 aliphatic heterocycles. The van der Waals surface area contributed by atoms with Gasteiger partial charge in [-0.1, -0.05) is 17.7 Å². The lowest BCUT2D eigenvalue weighted by atomic mass is 10.2. The fraction of sp³-hybridized carbons (Fsp3) is 0.150. The minimum absolute atomic E-state index is 0.603. The van der Waals surface area contributed by atoms with E-state index in [-0.39, 0.29) is 0 Å². The largest absolute Gasteiger partial charge is 0.468 e. The van der Waals surface area contributed by atoms with Gasteiger partial charge in [0, 0.05) is 22.0 Å². The highest BCUT2D eigenvalue weighted by atomic mass is 35.5. The summed E-state index contributed by atoms with van der Waals surface area (Å²) in [5.74, 6) is 2.34. The van der Waals surface area contributed by atoms with Crippen LogP contribution >= 0.6 is 22.9 Å². The topological polar surface area (TPSA) is 42.4 Å². The molecule has 0 bridgehead atoms. The zero-order chi connectivity index (χ0) is 17.8. The van der Waals surface area contributed by atoms with Crippen molar-refractivity contribution in [2.24, 2.45) is 0 Å². The van der Waals surface area contributed by atoms with E-state index in [1.165, 1.54) is 4.88 Å². The average Bonchev–Trinajstić information content (AvgIpc) is 3.38. The molecule has 4 nitrogen and oxygen atoms in total. The lowest BCUT2D eigenvalue weighted by Gasteiger charge is -2.18. The van der Waals surface area contributed by atoms with Crippen molar-refractivity contribution in [2.45, 2.75) is 19.6 Å². The van der Waals surface area contributed by atoms with Crippen LogP contribution in [0.4, 0.5) is 0 Å². The SMILES string of the molecule is Clc1ccc(-c2cnc(CN(Cc3ccco3)Cc3cccs3)o2)cc1. The van der Waals surface area contributed by atoms with E-state index in [4.69, 9.17) is 20.4 Å². The fourth-order valence-electron chi connectivity index (χ4n) is 2.74. The summed E-state index contributed by atoms with van der Waals surface area (Å²) in [6.45, 7) is 2.12. The van der Waals surface area contributed by atoms with Crippen molar-refractivity contribution in [1.29, 1.82) is 0 Å². The first-order valence-electron chi connectivity index (χ1n) is 8.24. The van der Waals surface area contributed by atoms with Crippen molar-refractivity contribution >= 4 is 22.9 Å². The number of benzene rings is 1. The van der Waals surface area contributed by atoms with Crippen LogP contribution < -0.4 is 0 Å². The molecule has 1 aromatic carbocycles. The Morgan fingerprint density at radius 2 is 1.88 bits per heavy atom. The van der Waals surface area contributed by atoms with E-state index in [0.717, 1.165) is 23.6 Å². The van der Waals surface area contributed by atoms with Gasteiger partial charge in [0.15, 0.2) is 5.76 Å². The normalized spacial score (nSPS) is 11.3. The molecule has 132 valence electrons. The van der Waals surface area contributed by atoms with Gasteiger partial charge in [0.25, 0.3) is 0 Å². The van der Waals surface area contributed by atoms with Crippen LogP contribution in [0.25, 0.3) is 11.3 Å². The van der Waals surface area contributed by atoms with Crippen LogP contribution in [0.3, 0.4) is 0 Å². The molecule has 26 heavy (non-hydrogen) atoms. The Morgan fingerprint density at radius 1 is 1.00 bits per heavy atom. The number of hydrogen-bond acceptors (Lipinski definition) is 5. The van der Waals surface area contributed by atoms with Crippen LogP contribution in [-0.2, 0) is 19.6 Å². The minimum atomic E-state index is 0.603. The summed E-state index contributed by atoms with van der Waals surface area (Å²) in [5.41, 5.74) is 0.962. The third kappa shape index (κ3) is 4.25. The van der Waals surface area contributed by atoms with E-state index < -0.39 is 0 Å². The Bertz CT molecular complexity index is 895. The standard InChI is InChI=1S/C20H17ClN2O2S/c21-16-7-5-15(6-8-16)19-11-22-20(25-19)14-23(12-17-3-1-9-24-17)13-18-4-2-10-26-18/h1-11H,12-14H2. The molecule has 6 heteroatoms. The highest BCUT2D eigenvalue weighted by Crippen LogP contribution is 2.24. The quantitative estimate of drug-likeness (QED) is 0.400. The number of oxazole rings is 1. The number of halogens is 1. The van der Waals surface area contributed by atoms with Crippen molar-refractivity contribution in [3.63, 3.8) is 0 Å². The Balaban J connectivity index is 1.50. The molecule has 3 aromatic heterocycles. The maximum Gasteiger partial charge on any atom is 0.209 e. The summed E-state index contributed by atoms with van der Waals surface area (Å²) in [7, 11) is 0. The highest BCUT2D eigenvalue weighted by Gasteiger charge is 2.14. The van der Waals surface area contributed by atoms with Gasteiger partial charge in [-0.2, -0.15) is 0 Å². The van der Waals surface area contributed by atoms with Gasteiger partial charge in [-0.25, -0.2) is 4.98 Å². The van der Waals surface area contributed by atoms with Crippen LogP contribution in [-0.4, -0.2) is 9.88 Å². The third-order valence-electron chi connectivity index (χ3n) is 3.96. The average molecular weight is 385 g/mol. The van der Waals surface area contributed by atoms with E-state index in [1.807, 2.05) is 36.4 Å². The Kier molecular flexibility index (Phi) is 5.20. The van der Waals surface area contributed by atoms with E-state index in [0.29, 0.717) is 24.0 Å². The summed E-state index contributed by atoms with van der Waals surface area (Å²) < 4.78 is 11.5. The predicted molar refractivity (Wildman–Crippen MR) is 103 cm³/mol. The number of rotatable bonds is 7. The second kappa shape index (κ2) is 7.91. The number of aromatic nitrogens is 1. The van der Waals surface area contributed by atoms with Crippen LogP contribution in [0.1, 0.15) is 16.5 Å². The maximum absolute atomic E-state index is 5.96. The first kappa shape index (κ1) is 17.1. The monoisotopic (exact) mass is 384 g/mol. The van der Waals surface area contributed by atoms with E-state index >= 15 is 0 Å². The highest BCUT2D eigenvalue weighted by molar-refractivity contribution is 7.09. The van der Waals surface area contributed by atoms with Crippen molar-refractivity contribution in [3.8, 4) is 11.3 Å². The van der Waals surface area contributed by atoms with Gasteiger partial charge in [-0.05, 0) is 47.8 Å². The Labute approximate surface area is 160 Å². The zero-order valence-corrected chi connectivity index (χ0v) is 15.5. The van der Waals surface area contributed by atoms with E-state index in [9.17, 15) is 0 Å². The Morgan fingerprint density at radius 3 is 2.62 bits per heavy atom.